The average Bonchev–Trinajstić information content (AvgIpc) is 2.57. The van der Waals surface area contributed by atoms with E-state index in [-0.39, 0.29) is 0 Å². The predicted molar refractivity (Wildman–Crippen MR) is 84.6 cm³/mol. The van der Waals surface area contributed by atoms with Gasteiger partial charge in [-0.2, -0.15) is 0 Å². The third-order valence-electron chi connectivity index (χ3n) is 2.53. The summed E-state index contributed by atoms with van der Waals surface area (Å²) in [5.74, 6) is 1.01. The molecule has 0 bridgehead atoms. The summed E-state index contributed by atoms with van der Waals surface area (Å²) in [6.45, 7) is 6.16. The number of aromatic nitrogens is 2. The van der Waals surface area contributed by atoms with Crippen molar-refractivity contribution < 1.29 is 0 Å². The van der Waals surface area contributed by atoms with E-state index in [0.717, 1.165) is 24.4 Å². The van der Waals surface area contributed by atoms with Crippen LogP contribution in [-0.4, -0.2) is 9.97 Å². The number of nitrogens with zero attached hydrogens (tertiary/aromatic N) is 2. The minimum atomic E-state index is 0.327. The van der Waals surface area contributed by atoms with E-state index in [1.165, 1.54) is 0 Å². The Kier molecular flexibility index (Phi) is 4.47. The molecule has 2 aromatic heterocycles. The normalized spacial score (nSPS) is 11.3. The highest BCUT2D eigenvalue weighted by Gasteiger charge is 2.16. The van der Waals surface area contributed by atoms with Gasteiger partial charge in [-0.3, -0.25) is 0 Å². The van der Waals surface area contributed by atoms with Gasteiger partial charge in [0.2, 0.25) is 0 Å². The zero-order chi connectivity index (χ0) is 13.4. The standard InChI is InChI=1S/C12H11Br2ClN2S/c1-5(2)9-6(3)16-12(17-11(9)15)8-4-7(13)10(14)18-8/h4-5H,1-3H3. The lowest BCUT2D eigenvalue weighted by Crippen LogP contribution is -2.01. The Bertz CT molecular complexity index is 553. The number of aryl methyl sites for hydroxylation is 1. The van der Waals surface area contributed by atoms with E-state index in [1.807, 2.05) is 13.0 Å². The molecular formula is C12H11Br2ClN2S. The number of hydrogen-bond donors (Lipinski definition) is 0. The minimum absolute atomic E-state index is 0.327. The molecule has 0 N–H and O–H groups in total. The van der Waals surface area contributed by atoms with Gasteiger partial charge in [-0.1, -0.05) is 25.4 Å². The molecule has 2 nitrogen and oxygen atoms in total. The van der Waals surface area contributed by atoms with Crippen molar-refractivity contribution in [2.24, 2.45) is 0 Å². The fourth-order valence-electron chi connectivity index (χ4n) is 1.77. The Balaban J connectivity index is 2.54. The average molecular weight is 411 g/mol. The van der Waals surface area contributed by atoms with Gasteiger partial charge in [0, 0.05) is 15.7 Å². The molecule has 0 aliphatic rings. The SMILES string of the molecule is Cc1nc(-c2cc(Br)c(Br)s2)nc(Cl)c1C(C)C. The van der Waals surface area contributed by atoms with E-state index in [9.17, 15) is 0 Å². The van der Waals surface area contributed by atoms with Gasteiger partial charge in [0.1, 0.15) is 5.15 Å². The van der Waals surface area contributed by atoms with Crippen LogP contribution in [0, 0.1) is 6.92 Å². The van der Waals surface area contributed by atoms with Gasteiger partial charge in [-0.15, -0.1) is 11.3 Å². The van der Waals surface area contributed by atoms with Crippen LogP contribution in [0.5, 0.6) is 0 Å². The van der Waals surface area contributed by atoms with E-state index in [0.29, 0.717) is 16.9 Å². The molecule has 18 heavy (non-hydrogen) atoms. The first-order valence-electron chi connectivity index (χ1n) is 5.39. The fraction of sp³-hybridized carbons (Fsp3) is 0.333. The van der Waals surface area contributed by atoms with Crippen LogP contribution in [0.25, 0.3) is 10.7 Å². The van der Waals surface area contributed by atoms with Crippen molar-refractivity contribution in [2.75, 3.05) is 0 Å². The second-order valence-electron chi connectivity index (χ2n) is 4.22. The second-order valence-corrected chi connectivity index (χ2v) is 7.81. The predicted octanol–water partition coefficient (Wildman–Crippen LogP) is 5.82. The molecule has 0 aromatic carbocycles. The number of hydrogen-bond acceptors (Lipinski definition) is 3. The van der Waals surface area contributed by atoms with E-state index in [2.05, 4.69) is 55.7 Å². The van der Waals surface area contributed by atoms with Crippen LogP contribution in [0.4, 0.5) is 0 Å². The minimum Gasteiger partial charge on any atom is -0.232 e. The lowest BCUT2D eigenvalue weighted by atomic mass is 10.0. The van der Waals surface area contributed by atoms with Crippen LogP contribution in [0.3, 0.4) is 0 Å². The molecule has 0 saturated heterocycles. The molecule has 0 amide bonds. The van der Waals surface area contributed by atoms with Crippen molar-refractivity contribution in [3.63, 3.8) is 0 Å². The Hall–Kier alpha value is 0.0300. The van der Waals surface area contributed by atoms with Crippen LogP contribution in [0.2, 0.25) is 5.15 Å². The van der Waals surface area contributed by atoms with Gasteiger partial charge in [-0.25, -0.2) is 9.97 Å². The summed E-state index contributed by atoms with van der Waals surface area (Å²) in [5, 5.41) is 0.549. The molecule has 2 aromatic rings. The smallest absolute Gasteiger partial charge is 0.171 e. The van der Waals surface area contributed by atoms with Gasteiger partial charge in [-0.05, 0) is 50.8 Å². The molecule has 0 radical (unpaired) electrons. The van der Waals surface area contributed by atoms with Gasteiger partial charge in [0.05, 0.1) is 8.66 Å². The molecule has 2 rings (SSSR count). The Morgan fingerprint density at radius 1 is 1.28 bits per heavy atom. The first-order valence-corrected chi connectivity index (χ1v) is 8.17. The lowest BCUT2D eigenvalue weighted by molar-refractivity contribution is 0.831. The molecule has 96 valence electrons. The van der Waals surface area contributed by atoms with Crippen molar-refractivity contribution in [3.8, 4) is 10.7 Å². The van der Waals surface area contributed by atoms with Crippen LogP contribution in [0.1, 0.15) is 31.0 Å². The Morgan fingerprint density at radius 3 is 2.39 bits per heavy atom. The highest BCUT2D eigenvalue weighted by molar-refractivity contribution is 9.13. The molecule has 0 fully saturated rings. The summed E-state index contributed by atoms with van der Waals surface area (Å²) in [7, 11) is 0. The lowest BCUT2D eigenvalue weighted by Gasteiger charge is -2.11. The van der Waals surface area contributed by atoms with Gasteiger partial charge < -0.3 is 0 Å². The maximum absolute atomic E-state index is 6.26. The van der Waals surface area contributed by atoms with Crippen molar-refractivity contribution in [3.05, 3.63) is 30.7 Å². The second kappa shape index (κ2) is 5.57. The first-order chi connectivity index (χ1) is 8.40. The Labute approximate surface area is 132 Å². The molecule has 0 unspecified atom stereocenters. The van der Waals surface area contributed by atoms with Crippen molar-refractivity contribution in [1.82, 2.24) is 9.97 Å². The van der Waals surface area contributed by atoms with Gasteiger partial charge in [0.25, 0.3) is 0 Å². The molecule has 6 heteroatoms. The quantitative estimate of drug-likeness (QED) is 0.584. The summed E-state index contributed by atoms with van der Waals surface area (Å²) < 4.78 is 2.04. The highest BCUT2D eigenvalue weighted by Crippen LogP contribution is 2.38. The molecule has 0 saturated carbocycles. The molecular weight excluding hydrogens is 399 g/mol. The van der Waals surface area contributed by atoms with Crippen LogP contribution in [-0.2, 0) is 0 Å². The fourth-order valence-corrected chi connectivity index (χ4v) is 4.17. The summed E-state index contributed by atoms with van der Waals surface area (Å²) in [5.41, 5.74) is 1.97. The zero-order valence-electron chi connectivity index (χ0n) is 10.1. The summed E-state index contributed by atoms with van der Waals surface area (Å²) in [4.78, 5) is 9.95. The van der Waals surface area contributed by atoms with Crippen molar-refractivity contribution in [1.29, 1.82) is 0 Å². The number of rotatable bonds is 2. The summed E-state index contributed by atoms with van der Waals surface area (Å²) in [6.07, 6.45) is 0. The molecule has 0 aliphatic carbocycles. The maximum atomic E-state index is 6.26. The molecule has 0 atom stereocenters. The van der Waals surface area contributed by atoms with Crippen LogP contribution < -0.4 is 0 Å². The van der Waals surface area contributed by atoms with E-state index < -0.39 is 0 Å². The number of halogens is 3. The van der Waals surface area contributed by atoms with Crippen LogP contribution >= 0.6 is 54.8 Å². The highest BCUT2D eigenvalue weighted by atomic mass is 79.9. The number of thiophene rings is 1. The van der Waals surface area contributed by atoms with E-state index >= 15 is 0 Å². The monoisotopic (exact) mass is 408 g/mol. The summed E-state index contributed by atoms with van der Waals surface area (Å²) in [6, 6.07) is 1.99. The summed E-state index contributed by atoms with van der Waals surface area (Å²) >= 11 is 14.8. The van der Waals surface area contributed by atoms with Gasteiger partial charge >= 0.3 is 0 Å². The maximum Gasteiger partial charge on any atom is 0.171 e. The van der Waals surface area contributed by atoms with Crippen molar-refractivity contribution in [2.45, 2.75) is 26.7 Å². The van der Waals surface area contributed by atoms with E-state index in [1.54, 1.807) is 11.3 Å². The Morgan fingerprint density at radius 2 is 1.94 bits per heavy atom. The van der Waals surface area contributed by atoms with E-state index in [4.69, 9.17) is 11.6 Å². The topological polar surface area (TPSA) is 25.8 Å². The molecule has 0 aliphatic heterocycles. The third-order valence-corrected chi connectivity index (χ3v) is 6.07. The first kappa shape index (κ1) is 14.4. The molecule has 2 heterocycles. The molecule has 0 spiro atoms. The third kappa shape index (κ3) is 2.79. The zero-order valence-corrected chi connectivity index (χ0v) is 14.8. The largest absolute Gasteiger partial charge is 0.232 e. The van der Waals surface area contributed by atoms with Gasteiger partial charge in [0.15, 0.2) is 5.82 Å². The van der Waals surface area contributed by atoms with Crippen LogP contribution in [0.15, 0.2) is 14.3 Å². The van der Waals surface area contributed by atoms with Crippen molar-refractivity contribution >= 4 is 54.8 Å².